The molecule has 4 rings (SSSR count). The maximum atomic E-state index is 12.6. The van der Waals surface area contributed by atoms with E-state index in [9.17, 15) is 10.0 Å². The Kier molecular flexibility index (Phi) is 2.63. The normalized spacial score (nSPS) is 14.0. The highest BCUT2D eigenvalue weighted by Crippen LogP contribution is 2.28. The molecule has 0 saturated carbocycles. The Morgan fingerprint density at radius 3 is 2.64 bits per heavy atom. The summed E-state index contributed by atoms with van der Waals surface area (Å²) in [6, 6.07) is 14.5. The van der Waals surface area contributed by atoms with E-state index in [1.165, 1.54) is 0 Å². The van der Waals surface area contributed by atoms with Crippen LogP contribution in [0.2, 0.25) is 0 Å². The van der Waals surface area contributed by atoms with Crippen LogP contribution in [0.15, 0.2) is 48.5 Å². The number of carbonyl (C=O) groups is 1. The van der Waals surface area contributed by atoms with Crippen LogP contribution in [-0.4, -0.2) is 25.8 Å². The lowest BCUT2D eigenvalue weighted by Gasteiger charge is -2.04. The van der Waals surface area contributed by atoms with Gasteiger partial charge in [0.2, 0.25) is 11.5 Å². The number of imidazole rings is 1. The Morgan fingerprint density at radius 1 is 1.14 bits per heavy atom. The smallest absolute Gasteiger partial charge is 0.308 e. The maximum Gasteiger partial charge on any atom is 0.308 e. The minimum absolute atomic E-state index is 0.0965. The largest absolute Gasteiger partial charge is 0.618 e. The van der Waals surface area contributed by atoms with E-state index in [-0.39, 0.29) is 11.5 Å². The summed E-state index contributed by atoms with van der Waals surface area (Å²) in [7, 11) is 0. The molecule has 1 aliphatic rings. The van der Waals surface area contributed by atoms with Gasteiger partial charge in [0.15, 0.2) is 0 Å². The van der Waals surface area contributed by atoms with E-state index >= 15 is 0 Å². The molecule has 2 heterocycles. The highest BCUT2D eigenvalue weighted by Gasteiger charge is 2.39. The van der Waals surface area contributed by atoms with Crippen LogP contribution >= 0.6 is 0 Å². The molecular weight excluding hydrogens is 278 g/mol. The molecule has 1 aromatic heterocycles. The predicted octanol–water partition coefficient (Wildman–Crippen LogP) is 2.88. The molecule has 3 aromatic rings. The Hall–Kier alpha value is -2.95. The van der Waals surface area contributed by atoms with Crippen LogP contribution in [0, 0.1) is 5.21 Å². The van der Waals surface area contributed by atoms with E-state index in [0.717, 1.165) is 11.0 Å². The van der Waals surface area contributed by atoms with Crippen molar-refractivity contribution in [1.29, 1.82) is 0 Å². The van der Waals surface area contributed by atoms with Crippen LogP contribution in [-0.2, 0) is 6.54 Å². The lowest BCUT2D eigenvalue weighted by atomic mass is 10.1. The number of hydrogen-bond donors (Lipinski definition) is 0. The summed E-state index contributed by atoms with van der Waals surface area (Å²) in [6.07, 6.45) is 0. The Balaban J connectivity index is 2.01. The highest BCUT2D eigenvalue weighted by molar-refractivity contribution is 6.51. The summed E-state index contributed by atoms with van der Waals surface area (Å²) < 4.78 is 2.60. The summed E-state index contributed by atoms with van der Waals surface area (Å²) in [4.78, 5) is 17.1. The van der Waals surface area contributed by atoms with Gasteiger partial charge in [-0.05, 0) is 25.1 Å². The van der Waals surface area contributed by atoms with Gasteiger partial charge in [-0.25, -0.2) is 4.98 Å². The molecular formula is C17H13N3O2. The molecule has 0 aliphatic carbocycles. The minimum atomic E-state index is -0.268. The minimum Gasteiger partial charge on any atom is -0.618 e. The monoisotopic (exact) mass is 291 g/mol. The molecule has 22 heavy (non-hydrogen) atoms. The van der Waals surface area contributed by atoms with Gasteiger partial charge >= 0.3 is 5.71 Å². The molecule has 0 atom stereocenters. The van der Waals surface area contributed by atoms with Crippen molar-refractivity contribution < 1.29 is 9.53 Å². The first-order valence-corrected chi connectivity index (χ1v) is 7.16. The lowest BCUT2D eigenvalue weighted by Crippen LogP contribution is -2.21. The Morgan fingerprint density at radius 2 is 1.86 bits per heavy atom. The third kappa shape index (κ3) is 1.56. The SMILES string of the molecule is CCn1c(C2=[N+]([O-])c3ccccc3C2=O)nc2ccccc21. The van der Waals surface area contributed by atoms with Gasteiger partial charge in [0.25, 0.3) is 5.78 Å². The van der Waals surface area contributed by atoms with Gasteiger partial charge < -0.3 is 9.77 Å². The van der Waals surface area contributed by atoms with Crippen LogP contribution in [0.25, 0.3) is 11.0 Å². The van der Waals surface area contributed by atoms with Crippen LogP contribution in [0.5, 0.6) is 0 Å². The van der Waals surface area contributed by atoms with Crippen molar-refractivity contribution in [3.8, 4) is 0 Å². The standard InChI is InChI=1S/C17H13N3O2/c1-2-19-14-10-6-4-8-12(14)18-17(19)15-16(21)11-7-3-5-9-13(11)20(15)22/h3-10H,2H2,1H3. The number of ketones is 1. The van der Waals surface area contributed by atoms with Crippen molar-refractivity contribution in [3.05, 3.63) is 65.1 Å². The second-order valence-electron chi connectivity index (χ2n) is 5.16. The number of aromatic nitrogens is 2. The fraction of sp³-hybridized carbons (Fsp3) is 0.118. The molecule has 0 bridgehead atoms. The molecule has 5 nitrogen and oxygen atoms in total. The quantitative estimate of drug-likeness (QED) is 0.539. The zero-order chi connectivity index (χ0) is 15.3. The fourth-order valence-electron chi connectivity index (χ4n) is 2.95. The van der Waals surface area contributed by atoms with E-state index < -0.39 is 0 Å². The number of carbonyl (C=O) groups excluding carboxylic acids is 1. The number of para-hydroxylation sites is 3. The number of aryl methyl sites for hydroxylation is 1. The number of fused-ring (bicyclic) bond motifs is 2. The van der Waals surface area contributed by atoms with Gasteiger partial charge in [-0.2, -0.15) is 4.74 Å². The third-order valence-corrected chi connectivity index (χ3v) is 3.97. The zero-order valence-electron chi connectivity index (χ0n) is 12.0. The summed E-state index contributed by atoms with van der Waals surface area (Å²) in [5.41, 5.74) is 2.62. The molecule has 0 fully saturated rings. The first-order valence-electron chi connectivity index (χ1n) is 7.16. The van der Waals surface area contributed by atoms with Gasteiger partial charge in [-0.15, -0.1) is 0 Å². The fourth-order valence-corrected chi connectivity index (χ4v) is 2.95. The van der Waals surface area contributed by atoms with E-state index in [4.69, 9.17) is 0 Å². The molecule has 0 radical (unpaired) electrons. The Labute approximate surface area is 126 Å². The topological polar surface area (TPSA) is 61.0 Å². The lowest BCUT2D eigenvalue weighted by molar-refractivity contribution is -0.355. The van der Waals surface area contributed by atoms with Crippen molar-refractivity contribution in [2.75, 3.05) is 0 Å². The van der Waals surface area contributed by atoms with Gasteiger partial charge in [0.05, 0.1) is 11.0 Å². The van der Waals surface area contributed by atoms with Crippen LogP contribution in [0.1, 0.15) is 23.1 Å². The van der Waals surface area contributed by atoms with Crippen molar-refractivity contribution >= 4 is 28.2 Å². The molecule has 1 aliphatic heterocycles. The number of rotatable bonds is 2. The number of Topliss-reactive ketones (excluding diaryl/α,β-unsaturated/α-hetero) is 1. The Bertz CT molecular complexity index is 953. The van der Waals surface area contributed by atoms with E-state index in [0.29, 0.717) is 28.4 Å². The molecule has 2 aromatic carbocycles. The second kappa shape index (κ2) is 4.53. The highest BCUT2D eigenvalue weighted by atomic mass is 16.5. The van der Waals surface area contributed by atoms with Gasteiger partial charge in [0, 0.05) is 12.6 Å². The van der Waals surface area contributed by atoms with E-state index in [1.807, 2.05) is 35.8 Å². The van der Waals surface area contributed by atoms with Gasteiger partial charge in [-0.3, -0.25) is 4.79 Å². The number of hydrogen-bond acceptors (Lipinski definition) is 3. The van der Waals surface area contributed by atoms with Crippen molar-refractivity contribution in [2.45, 2.75) is 13.5 Å². The summed E-state index contributed by atoms with van der Waals surface area (Å²) in [6.45, 7) is 2.61. The van der Waals surface area contributed by atoms with Crippen LogP contribution in [0.3, 0.4) is 0 Å². The van der Waals surface area contributed by atoms with Crippen molar-refractivity contribution in [1.82, 2.24) is 9.55 Å². The summed E-state index contributed by atoms with van der Waals surface area (Å²) >= 11 is 0. The first-order chi connectivity index (χ1) is 10.7. The molecule has 0 unspecified atom stereocenters. The summed E-state index contributed by atoms with van der Waals surface area (Å²) in [5, 5.41) is 12.6. The van der Waals surface area contributed by atoms with Crippen LogP contribution in [0.4, 0.5) is 5.69 Å². The van der Waals surface area contributed by atoms with Gasteiger partial charge in [0.1, 0.15) is 5.56 Å². The molecule has 108 valence electrons. The number of nitrogens with zero attached hydrogens (tertiary/aromatic N) is 3. The average molecular weight is 291 g/mol. The van der Waals surface area contributed by atoms with E-state index in [2.05, 4.69) is 4.98 Å². The van der Waals surface area contributed by atoms with Gasteiger partial charge in [-0.1, -0.05) is 24.3 Å². The predicted molar refractivity (Wildman–Crippen MR) is 83.6 cm³/mol. The molecule has 0 amide bonds. The number of benzene rings is 2. The molecule has 5 heteroatoms. The summed E-state index contributed by atoms with van der Waals surface area (Å²) in [5.74, 6) is 0.163. The van der Waals surface area contributed by atoms with E-state index in [1.54, 1.807) is 24.3 Å². The molecule has 0 spiro atoms. The zero-order valence-corrected chi connectivity index (χ0v) is 12.0. The maximum absolute atomic E-state index is 12.6. The second-order valence-corrected chi connectivity index (χ2v) is 5.16. The average Bonchev–Trinajstić information content (AvgIpc) is 3.03. The third-order valence-electron chi connectivity index (χ3n) is 3.97. The first kappa shape index (κ1) is 12.8. The van der Waals surface area contributed by atoms with Crippen molar-refractivity contribution in [3.63, 3.8) is 0 Å². The molecule has 0 N–H and O–H groups in total. The van der Waals surface area contributed by atoms with Crippen LogP contribution < -0.4 is 0 Å². The molecule has 0 saturated heterocycles. The van der Waals surface area contributed by atoms with Crippen molar-refractivity contribution in [2.24, 2.45) is 0 Å².